The summed E-state index contributed by atoms with van der Waals surface area (Å²) in [5.41, 5.74) is 2.29. The number of aromatic nitrogens is 2. The number of anilines is 1. The summed E-state index contributed by atoms with van der Waals surface area (Å²) in [5, 5.41) is 3.91. The molecule has 6 nitrogen and oxygen atoms in total. The van der Waals surface area contributed by atoms with Gasteiger partial charge in [0.1, 0.15) is 6.10 Å². The van der Waals surface area contributed by atoms with E-state index in [2.05, 4.69) is 23.1 Å². The number of carbonyl (C=O) groups excluding carboxylic acids is 1. The van der Waals surface area contributed by atoms with E-state index in [1.165, 1.54) is 5.56 Å². The minimum atomic E-state index is -0.216. The predicted molar refractivity (Wildman–Crippen MR) is 94.4 cm³/mol. The SMILES string of the molecule is CC[C@H]1CCc2ccccc2N1C(=O)CCc1nc([C@@H](C)OC)no1. The number of methoxy groups -OCH3 is 1. The zero-order valence-electron chi connectivity index (χ0n) is 15.1. The lowest BCUT2D eigenvalue weighted by Crippen LogP contribution is -2.43. The van der Waals surface area contributed by atoms with Crippen molar-refractivity contribution in [2.45, 2.75) is 58.1 Å². The van der Waals surface area contributed by atoms with E-state index in [4.69, 9.17) is 9.26 Å². The molecule has 134 valence electrons. The van der Waals surface area contributed by atoms with Gasteiger partial charge in [-0.1, -0.05) is 30.3 Å². The van der Waals surface area contributed by atoms with Crippen LogP contribution >= 0.6 is 0 Å². The van der Waals surface area contributed by atoms with Gasteiger partial charge in [-0.25, -0.2) is 0 Å². The van der Waals surface area contributed by atoms with Crippen LogP contribution in [0.5, 0.6) is 0 Å². The molecule has 3 rings (SSSR count). The molecular formula is C19H25N3O3. The second-order valence-corrected chi connectivity index (χ2v) is 6.42. The van der Waals surface area contributed by atoms with Gasteiger partial charge in [0.2, 0.25) is 11.8 Å². The van der Waals surface area contributed by atoms with Crippen molar-refractivity contribution >= 4 is 11.6 Å². The quantitative estimate of drug-likeness (QED) is 0.803. The van der Waals surface area contributed by atoms with E-state index < -0.39 is 0 Å². The van der Waals surface area contributed by atoms with Crippen molar-refractivity contribution in [2.75, 3.05) is 12.0 Å². The fourth-order valence-electron chi connectivity index (χ4n) is 3.30. The summed E-state index contributed by atoms with van der Waals surface area (Å²) in [4.78, 5) is 19.2. The van der Waals surface area contributed by atoms with E-state index in [-0.39, 0.29) is 18.1 Å². The first-order chi connectivity index (χ1) is 12.1. The highest BCUT2D eigenvalue weighted by molar-refractivity contribution is 5.95. The topological polar surface area (TPSA) is 68.5 Å². The highest BCUT2D eigenvalue weighted by Gasteiger charge is 2.29. The lowest BCUT2D eigenvalue weighted by Gasteiger charge is -2.37. The van der Waals surface area contributed by atoms with Crippen molar-refractivity contribution < 1.29 is 14.1 Å². The van der Waals surface area contributed by atoms with Crippen LogP contribution < -0.4 is 4.90 Å². The van der Waals surface area contributed by atoms with E-state index in [1.54, 1.807) is 7.11 Å². The smallest absolute Gasteiger partial charge is 0.227 e. The molecule has 0 N–H and O–H groups in total. The number of carbonyl (C=O) groups is 1. The first kappa shape index (κ1) is 17.6. The molecule has 0 aliphatic carbocycles. The van der Waals surface area contributed by atoms with Gasteiger partial charge in [0.05, 0.1) is 0 Å². The largest absolute Gasteiger partial charge is 0.374 e. The normalized spacial score (nSPS) is 18.0. The lowest BCUT2D eigenvalue weighted by molar-refractivity contribution is -0.119. The van der Waals surface area contributed by atoms with Crippen LogP contribution in [-0.4, -0.2) is 29.2 Å². The molecule has 1 aliphatic heterocycles. The molecule has 0 unspecified atom stereocenters. The van der Waals surface area contributed by atoms with E-state index in [9.17, 15) is 4.79 Å². The van der Waals surface area contributed by atoms with Crippen molar-refractivity contribution in [3.8, 4) is 0 Å². The zero-order chi connectivity index (χ0) is 17.8. The highest BCUT2D eigenvalue weighted by Crippen LogP contribution is 2.32. The number of ether oxygens (including phenoxy) is 1. The Balaban J connectivity index is 1.70. The average Bonchev–Trinajstić information content (AvgIpc) is 3.13. The van der Waals surface area contributed by atoms with Crippen molar-refractivity contribution in [2.24, 2.45) is 0 Å². The molecule has 0 saturated heterocycles. The van der Waals surface area contributed by atoms with Crippen LogP contribution in [0.3, 0.4) is 0 Å². The molecule has 0 spiro atoms. The Morgan fingerprint density at radius 2 is 2.24 bits per heavy atom. The number of rotatable bonds is 6. The van der Waals surface area contributed by atoms with Crippen LogP contribution in [0, 0.1) is 0 Å². The molecule has 2 atom stereocenters. The number of aryl methyl sites for hydroxylation is 2. The Kier molecular flexibility index (Phi) is 5.48. The van der Waals surface area contributed by atoms with Crippen LogP contribution in [0.4, 0.5) is 5.69 Å². The molecule has 1 aromatic heterocycles. The number of hydrogen-bond donors (Lipinski definition) is 0. The van der Waals surface area contributed by atoms with Crippen molar-refractivity contribution in [1.29, 1.82) is 0 Å². The Hall–Kier alpha value is -2.21. The molecule has 1 amide bonds. The summed E-state index contributed by atoms with van der Waals surface area (Å²) in [6.07, 6.45) is 3.57. The fourth-order valence-corrected chi connectivity index (χ4v) is 3.30. The first-order valence-electron chi connectivity index (χ1n) is 8.89. The molecule has 2 heterocycles. The maximum atomic E-state index is 12.9. The van der Waals surface area contributed by atoms with E-state index in [1.807, 2.05) is 30.0 Å². The van der Waals surface area contributed by atoms with Crippen molar-refractivity contribution in [3.05, 3.63) is 41.5 Å². The number of nitrogens with zero attached hydrogens (tertiary/aromatic N) is 3. The summed E-state index contributed by atoms with van der Waals surface area (Å²) in [7, 11) is 1.60. The summed E-state index contributed by atoms with van der Waals surface area (Å²) in [5.74, 6) is 1.10. The number of benzene rings is 1. The molecule has 0 radical (unpaired) electrons. The van der Waals surface area contributed by atoms with Crippen LogP contribution in [0.15, 0.2) is 28.8 Å². The molecule has 0 saturated carbocycles. The molecule has 1 aliphatic rings. The van der Waals surface area contributed by atoms with Crippen LogP contribution in [0.2, 0.25) is 0 Å². The lowest BCUT2D eigenvalue weighted by atomic mass is 9.94. The summed E-state index contributed by atoms with van der Waals surface area (Å²) < 4.78 is 10.4. The van der Waals surface area contributed by atoms with Crippen molar-refractivity contribution in [1.82, 2.24) is 10.1 Å². The summed E-state index contributed by atoms with van der Waals surface area (Å²) in [6.45, 7) is 3.99. The first-order valence-corrected chi connectivity index (χ1v) is 8.89. The molecule has 0 fully saturated rings. The second-order valence-electron chi connectivity index (χ2n) is 6.42. The fraction of sp³-hybridized carbons (Fsp3) is 0.526. The van der Waals surface area contributed by atoms with Gasteiger partial charge in [0.15, 0.2) is 5.82 Å². The average molecular weight is 343 g/mol. The van der Waals surface area contributed by atoms with Gasteiger partial charge in [0.25, 0.3) is 0 Å². The second kappa shape index (κ2) is 7.78. The third-order valence-electron chi connectivity index (χ3n) is 4.86. The number of fused-ring (bicyclic) bond motifs is 1. The number of amides is 1. The van der Waals surface area contributed by atoms with Gasteiger partial charge >= 0.3 is 0 Å². The van der Waals surface area contributed by atoms with Crippen LogP contribution in [0.1, 0.15) is 56.5 Å². The Morgan fingerprint density at radius 3 is 3.00 bits per heavy atom. The van der Waals surface area contributed by atoms with E-state index in [0.717, 1.165) is 24.9 Å². The standard InChI is InChI=1S/C19H25N3O3/c1-4-15-10-9-14-7-5-6-8-16(14)22(15)18(23)12-11-17-20-19(21-25-17)13(2)24-3/h5-8,13,15H,4,9-12H2,1-3H3/t13-,15+/m1/s1. The van der Waals surface area contributed by atoms with Gasteiger partial charge in [-0.05, 0) is 37.8 Å². The minimum Gasteiger partial charge on any atom is -0.374 e. The van der Waals surface area contributed by atoms with E-state index in [0.29, 0.717) is 24.6 Å². The summed E-state index contributed by atoms with van der Waals surface area (Å²) >= 11 is 0. The van der Waals surface area contributed by atoms with Gasteiger partial charge in [-0.3, -0.25) is 4.79 Å². The van der Waals surface area contributed by atoms with Gasteiger partial charge < -0.3 is 14.2 Å². The third kappa shape index (κ3) is 3.74. The Morgan fingerprint density at radius 1 is 1.44 bits per heavy atom. The minimum absolute atomic E-state index is 0.110. The van der Waals surface area contributed by atoms with Gasteiger partial charge in [0, 0.05) is 31.7 Å². The molecule has 6 heteroatoms. The molecule has 25 heavy (non-hydrogen) atoms. The van der Waals surface area contributed by atoms with Crippen LogP contribution in [0.25, 0.3) is 0 Å². The highest BCUT2D eigenvalue weighted by atomic mass is 16.5. The van der Waals surface area contributed by atoms with Gasteiger partial charge in [-0.15, -0.1) is 0 Å². The van der Waals surface area contributed by atoms with E-state index >= 15 is 0 Å². The van der Waals surface area contributed by atoms with Gasteiger partial charge in [-0.2, -0.15) is 4.98 Å². The monoisotopic (exact) mass is 343 g/mol. The maximum Gasteiger partial charge on any atom is 0.227 e. The molecule has 2 aromatic rings. The van der Waals surface area contributed by atoms with Crippen LogP contribution in [-0.2, 0) is 22.4 Å². The maximum absolute atomic E-state index is 12.9. The van der Waals surface area contributed by atoms with Crippen molar-refractivity contribution in [3.63, 3.8) is 0 Å². The molecule has 0 bridgehead atoms. The Bertz CT molecular complexity index is 728. The number of hydrogen-bond acceptors (Lipinski definition) is 5. The zero-order valence-corrected chi connectivity index (χ0v) is 15.1. The third-order valence-corrected chi connectivity index (χ3v) is 4.86. The molecule has 1 aromatic carbocycles. The summed E-state index contributed by atoms with van der Waals surface area (Å²) in [6, 6.07) is 8.44. The molecular weight excluding hydrogens is 318 g/mol. The number of para-hydroxylation sites is 1. The predicted octanol–water partition coefficient (Wildman–Crippen LogP) is 3.47. The Labute approximate surface area is 148 Å².